The Morgan fingerprint density at radius 1 is 0.963 bits per heavy atom. The zero-order valence-corrected chi connectivity index (χ0v) is 14.9. The molecule has 2 aliphatic rings. The fraction of sp³-hybridized carbons (Fsp3) is 0.333. The van der Waals surface area contributed by atoms with E-state index in [0.717, 1.165) is 25.7 Å². The topological polar surface area (TPSA) is 73.9 Å². The predicted molar refractivity (Wildman–Crippen MR) is 98.9 cm³/mol. The lowest BCUT2D eigenvalue weighted by molar-refractivity contribution is -0.119. The number of amides is 1. The van der Waals surface area contributed by atoms with E-state index in [1.54, 1.807) is 48.5 Å². The Morgan fingerprint density at radius 2 is 1.70 bits per heavy atom. The monoisotopic (exact) mass is 367 g/mol. The molecule has 0 saturated heterocycles. The van der Waals surface area contributed by atoms with Crippen LogP contribution in [0.25, 0.3) is 0 Å². The van der Waals surface area contributed by atoms with Crippen LogP contribution in [0.2, 0.25) is 0 Å². The van der Waals surface area contributed by atoms with Crippen LogP contribution in [-0.4, -0.2) is 24.3 Å². The number of hydrogen-bond acceptors (Lipinski definition) is 5. The predicted octanol–water partition coefficient (Wildman–Crippen LogP) is 3.91. The van der Waals surface area contributed by atoms with Gasteiger partial charge in [-0.25, -0.2) is 4.79 Å². The zero-order valence-electron chi connectivity index (χ0n) is 14.9. The Labute approximate surface area is 157 Å². The van der Waals surface area contributed by atoms with Gasteiger partial charge in [0.2, 0.25) is 0 Å². The molecule has 0 radical (unpaired) electrons. The smallest absolute Gasteiger partial charge is 0.338 e. The SMILES string of the molecule is O=C(COC(=O)c1ccccc1)Nc1ccc2c(c1)OC1(CCCCC1)O2. The van der Waals surface area contributed by atoms with Crippen molar-refractivity contribution in [1.29, 1.82) is 0 Å². The number of ether oxygens (including phenoxy) is 3. The minimum absolute atomic E-state index is 0.355. The minimum Gasteiger partial charge on any atom is -0.452 e. The van der Waals surface area contributed by atoms with E-state index in [9.17, 15) is 9.59 Å². The van der Waals surface area contributed by atoms with E-state index >= 15 is 0 Å². The Kier molecular flexibility index (Phi) is 4.71. The molecule has 1 heterocycles. The average molecular weight is 367 g/mol. The highest BCUT2D eigenvalue weighted by Gasteiger charge is 2.42. The number of hydrogen-bond donors (Lipinski definition) is 1. The average Bonchev–Trinajstić information content (AvgIpc) is 3.03. The van der Waals surface area contributed by atoms with Crippen molar-refractivity contribution in [3.63, 3.8) is 0 Å². The van der Waals surface area contributed by atoms with E-state index in [1.165, 1.54) is 6.42 Å². The molecule has 1 amide bonds. The van der Waals surface area contributed by atoms with Crippen molar-refractivity contribution in [3.05, 3.63) is 54.1 Å². The van der Waals surface area contributed by atoms with Crippen molar-refractivity contribution < 1.29 is 23.8 Å². The summed E-state index contributed by atoms with van der Waals surface area (Å²) < 4.78 is 17.1. The second-order valence-corrected chi connectivity index (χ2v) is 6.83. The van der Waals surface area contributed by atoms with Gasteiger partial charge in [-0.05, 0) is 37.1 Å². The van der Waals surface area contributed by atoms with Crippen LogP contribution in [-0.2, 0) is 9.53 Å². The van der Waals surface area contributed by atoms with Gasteiger partial charge in [-0.1, -0.05) is 24.6 Å². The van der Waals surface area contributed by atoms with Gasteiger partial charge >= 0.3 is 5.97 Å². The summed E-state index contributed by atoms with van der Waals surface area (Å²) in [5.74, 6) is -0.156. The molecular formula is C21H21NO5. The highest BCUT2D eigenvalue weighted by atomic mass is 16.7. The van der Waals surface area contributed by atoms with Crippen molar-refractivity contribution in [2.24, 2.45) is 0 Å². The van der Waals surface area contributed by atoms with Gasteiger partial charge in [-0.2, -0.15) is 0 Å². The quantitative estimate of drug-likeness (QED) is 0.830. The van der Waals surface area contributed by atoms with Crippen LogP contribution in [0.3, 0.4) is 0 Å². The number of benzene rings is 2. The highest BCUT2D eigenvalue weighted by Crippen LogP contribution is 2.46. The molecule has 140 valence electrons. The molecule has 6 nitrogen and oxygen atoms in total. The molecule has 0 unspecified atom stereocenters. The molecule has 1 fully saturated rings. The summed E-state index contributed by atoms with van der Waals surface area (Å²) in [6.07, 6.45) is 5.13. The molecule has 2 aromatic rings. The number of nitrogens with one attached hydrogen (secondary N) is 1. The molecule has 0 aromatic heterocycles. The van der Waals surface area contributed by atoms with E-state index in [4.69, 9.17) is 14.2 Å². The van der Waals surface area contributed by atoms with Crippen LogP contribution in [0.1, 0.15) is 42.5 Å². The lowest BCUT2D eigenvalue weighted by Crippen LogP contribution is -2.40. The number of esters is 1. The van der Waals surface area contributed by atoms with Crippen molar-refractivity contribution in [1.82, 2.24) is 0 Å². The minimum atomic E-state index is -0.547. The molecule has 0 bridgehead atoms. The second kappa shape index (κ2) is 7.31. The lowest BCUT2D eigenvalue weighted by Gasteiger charge is -2.31. The Morgan fingerprint density at radius 3 is 2.48 bits per heavy atom. The van der Waals surface area contributed by atoms with E-state index in [-0.39, 0.29) is 6.61 Å². The second-order valence-electron chi connectivity index (χ2n) is 6.83. The normalized spacial score (nSPS) is 16.7. The molecule has 1 N–H and O–H groups in total. The fourth-order valence-corrected chi connectivity index (χ4v) is 3.45. The third-order valence-corrected chi connectivity index (χ3v) is 4.78. The summed E-state index contributed by atoms with van der Waals surface area (Å²) in [7, 11) is 0. The first-order valence-corrected chi connectivity index (χ1v) is 9.18. The summed E-state index contributed by atoms with van der Waals surface area (Å²) >= 11 is 0. The maximum Gasteiger partial charge on any atom is 0.338 e. The first kappa shape index (κ1) is 17.4. The maximum atomic E-state index is 12.1. The molecule has 1 aliphatic carbocycles. The molecule has 6 heteroatoms. The number of rotatable bonds is 4. The fourth-order valence-electron chi connectivity index (χ4n) is 3.45. The molecule has 0 atom stereocenters. The van der Waals surface area contributed by atoms with Crippen molar-refractivity contribution in [3.8, 4) is 11.5 Å². The Bertz CT molecular complexity index is 843. The van der Waals surface area contributed by atoms with Crippen LogP contribution in [0, 0.1) is 0 Å². The van der Waals surface area contributed by atoms with Crippen LogP contribution >= 0.6 is 0 Å². The van der Waals surface area contributed by atoms with Crippen molar-refractivity contribution in [2.45, 2.75) is 37.9 Å². The molecule has 2 aromatic carbocycles. The molecule has 1 spiro atoms. The summed E-state index contributed by atoms with van der Waals surface area (Å²) in [4.78, 5) is 24.0. The van der Waals surface area contributed by atoms with Gasteiger partial charge in [0, 0.05) is 24.6 Å². The maximum absolute atomic E-state index is 12.1. The van der Waals surface area contributed by atoms with E-state index in [0.29, 0.717) is 22.7 Å². The van der Waals surface area contributed by atoms with Crippen molar-refractivity contribution >= 4 is 17.6 Å². The Hall–Kier alpha value is -3.02. The summed E-state index contributed by atoms with van der Waals surface area (Å²) in [5, 5.41) is 2.72. The van der Waals surface area contributed by atoms with Crippen LogP contribution < -0.4 is 14.8 Å². The zero-order chi connectivity index (χ0) is 18.7. The van der Waals surface area contributed by atoms with Gasteiger partial charge in [-0.15, -0.1) is 0 Å². The molecular weight excluding hydrogens is 346 g/mol. The third-order valence-electron chi connectivity index (χ3n) is 4.78. The standard InChI is InChI=1S/C21H21NO5/c23-19(14-25-20(24)15-7-3-1-4-8-15)22-16-9-10-17-18(13-16)27-21(26-17)11-5-2-6-12-21/h1,3-4,7-10,13H,2,5-6,11-12,14H2,(H,22,23). The first-order chi connectivity index (χ1) is 13.1. The Balaban J connectivity index is 1.33. The largest absolute Gasteiger partial charge is 0.452 e. The van der Waals surface area contributed by atoms with Gasteiger partial charge in [0.05, 0.1) is 5.56 Å². The van der Waals surface area contributed by atoms with Gasteiger partial charge in [-0.3, -0.25) is 4.79 Å². The number of fused-ring (bicyclic) bond motifs is 1. The van der Waals surface area contributed by atoms with Crippen molar-refractivity contribution in [2.75, 3.05) is 11.9 Å². The summed E-state index contributed by atoms with van der Waals surface area (Å²) in [5.41, 5.74) is 0.983. The molecule has 27 heavy (non-hydrogen) atoms. The van der Waals surface area contributed by atoms with Gasteiger partial charge in [0.15, 0.2) is 18.1 Å². The van der Waals surface area contributed by atoms with Crippen LogP contribution in [0.5, 0.6) is 11.5 Å². The summed E-state index contributed by atoms with van der Waals surface area (Å²) in [6.45, 7) is -0.355. The summed E-state index contributed by atoms with van der Waals surface area (Å²) in [6, 6.07) is 13.9. The molecule has 1 saturated carbocycles. The lowest BCUT2D eigenvalue weighted by atomic mass is 9.94. The number of carbonyl (C=O) groups excluding carboxylic acids is 2. The van der Waals surface area contributed by atoms with Crippen LogP contribution in [0.4, 0.5) is 5.69 Å². The van der Waals surface area contributed by atoms with E-state index < -0.39 is 17.7 Å². The highest BCUT2D eigenvalue weighted by molar-refractivity contribution is 5.95. The third kappa shape index (κ3) is 3.89. The first-order valence-electron chi connectivity index (χ1n) is 9.18. The van der Waals surface area contributed by atoms with Gasteiger partial charge in [0.1, 0.15) is 0 Å². The van der Waals surface area contributed by atoms with Gasteiger partial charge in [0.25, 0.3) is 11.7 Å². The van der Waals surface area contributed by atoms with Gasteiger partial charge < -0.3 is 19.5 Å². The van der Waals surface area contributed by atoms with E-state index in [2.05, 4.69) is 5.32 Å². The number of carbonyl (C=O) groups is 2. The molecule has 1 aliphatic heterocycles. The van der Waals surface area contributed by atoms with E-state index in [1.807, 2.05) is 0 Å². The molecule has 4 rings (SSSR count). The number of anilines is 1. The van der Waals surface area contributed by atoms with Crippen LogP contribution in [0.15, 0.2) is 48.5 Å².